The van der Waals surface area contributed by atoms with Gasteiger partial charge in [0.1, 0.15) is 17.6 Å². The molecule has 1 saturated carbocycles. The van der Waals surface area contributed by atoms with Crippen molar-refractivity contribution >= 4 is 0 Å². The molecule has 1 aromatic carbocycles. The Morgan fingerprint density at radius 1 is 1.14 bits per heavy atom. The first-order valence-corrected chi connectivity index (χ1v) is 7.50. The van der Waals surface area contributed by atoms with Gasteiger partial charge < -0.3 is 24.3 Å². The maximum absolute atomic E-state index is 6.17. The Kier molecular flexibility index (Phi) is 4.33. The van der Waals surface area contributed by atoms with Gasteiger partial charge in [-0.2, -0.15) is 0 Å². The smallest absolute Gasteiger partial charge is 0.172 e. The molecule has 5 heteroatoms. The molecule has 1 aliphatic heterocycles. The number of ether oxygens (including phenoxy) is 4. The van der Waals surface area contributed by atoms with Gasteiger partial charge in [-0.25, -0.2) is 0 Å². The summed E-state index contributed by atoms with van der Waals surface area (Å²) in [5.41, 5.74) is 0. The van der Waals surface area contributed by atoms with Crippen LogP contribution in [0.15, 0.2) is 24.3 Å². The fraction of sp³-hybridized carbons (Fsp3) is 0.625. The molecule has 116 valence electrons. The highest BCUT2D eigenvalue weighted by atomic mass is 16.7. The predicted molar refractivity (Wildman–Crippen MR) is 78.7 cm³/mol. The second kappa shape index (κ2) is 6.22. The lowest BCUT2D eigenvalue weighted by molar-refractivity contribution is -0.196. The Balaban J connectivity index is 1.70. The largest absolute Gasteiger partial charge is 0.497 e. The molecular weight excluding hydrogens is 270 g/mol. The molecular formula is C16H23NO4. The van der Waals surface area contributed by atoms with Crippen LogP contribution in [-0.4, -0.2) is 45.3 Å². The summed E-state index contributed by atoms with van der Waals surface area (Å²) in [5, 5.41) is 3.34. The van der Waals surface area contributed by atoms with Crippen LogP contribution in [0, 0.1) is 0 Å². The zero-order valence-electron chi connectivity index (χ0n) is 12.6. The van der Waals surface area contributed by atoms with Crippen molar-refractivity contribution in [1.29, 1.82) is 0 Å². The van der Waals surface area contributed by atoms with Gasteiger partial charge in [0.2, 0.25) is 0 Å². The molecule has 5 nitrogen and oxygen atoms in total. The summed E-state index contributed by atoms with van der Waals surface area (Å²) in [5.74, 6) is 1.23. The third-order valence-corrected chi connectivity index (χ3v) is 4.33. The molecule has 0 radical (unpaired) electrons. The first-order valence-electron chi connectivity index (χ1n) is 7.50. The van der Waals surface area contributed by atoms with E-state index >= 15 is 0 Å². The van der Waals surface area contributed by atoms with E-state index in [1.165, 1.54) is 0 Å². The van der Waals surface area contributed by atoms with Crippen molar-refractivity contribution < 1.29 is 18.9 Å². The summed E-state index contributed by atoms with van der Waals surface area (Å²) >= 11 is 0. The zero-order valence-corrected chi connectivity index (χ0v) is 12.6. The highest BCUT2D eigenvalue weighted by Crippen LogP contribution is 2.37. The summed E-state index contributed by atoms with van der Waals surface area (Å²) < 4.78 is 23.0. The van der Waals surface area contributed by atoms with Crippen molar-refractivity contribution in [2.75, 3.05) is 27.4 Å². The molecule has 2 fully saturated rings. The maximum Gasteiger partial charge on any atom is 0.172 e. The minimum absolute atomic E-state index is 0.0373. The maximum atomic E-state index is 6.17. The van der Waals surface area contributed by atoms with Gasteiger partial charge in [0.05, 0.1) is 20.3 Å². The van der Waals surface area contributed by atoms with Crippen molar-refractivity contribution in [1.82, 2.24) is 5.32 Å². The molecule has 0 bridgehead atoms. The normalized spacial score (nSPS) is 27.7. The van der Waals surface area contributed by atoms with Gasteiger partial charge in [0.15, 0.2) is 5.79 Å². The zero-order chi connectivity index (χ0) is 14.7. The second-order valence-corrected chi connectivity index (χ2v) is 5.58. The highest BCUT2D eigenvalue weighted by Gasteiger charge is 2.45. The van der Waals surface area contributed by atoms with Crippen LogP contribution in [-0.2, 0) is 9.47 Å². The second-order valence-electron chi connectivity index (χ2n) is 5.58. The molecule has 21 heavy (non-hydrogen) atoms. The molecule has 0 amide bonds. The molecule has 0 aromatic heterocycles. The first-order chi connectivity index (χ1) is 10.2. The molecule has 2 unspecified atom stereocenters. The minimum Gasteiger partial charge on any atom is -0.497 e. The van der Waals surface area contributed by atoms with Crippen molar-refractivity contribution in [3.63, 3.8) is 0 Å². The molecule has 1 N–H and O–H groups in total. The highest BCUT2D eigenvalue weighted by molar-refractivity contribution is 5.31. The van der Waals surface area contributed by atoms with Crippen molar-refractivity contribution in [3.8, 4) is 11.5 Å². The van der Waals surface area contributed by atoms with E-state index in [0.29, 0.717) is 19.3 Å². The van der Waals surface area contributed by atoms with E-state index < -0.39 is 5.79 Å². The molecule has 2 aliphatic rings. The number of hydrogen-bond acceptors (Lipinski definition) is 5. The molecule has 2 atom stereocenters. The van der Waals surface area contributed by atoms with Crippen LogP contribution < -0.4 is 14.8 Å². The predicted octanol–water partition coefficient (Wildman–Crippen LogP) is 1.96. The molecule has 3 rings (SSSR count). The van der Waals surface area contributed by atoms with E-state index in [0.717, 1.165) is 30.8 Å². The monoisotopic (exact) mass is 293 g/mol. The average molecular weight is 293 g/mol. The summed E-state index contributed by atoms with van der Waals surface area (Å²) in [6.45, 7) is 1.36. The number of nitrogens with one attached hydrogen (secondary N) is 1. The summed E-state index contributed by atoms with van der Waals surface area (Å²) in [4.78, 5) is 0. The van der Waals surface area contributed by atoms with Gasteiger partial charge >= 0.3 is 0 Å². The number of methoxy groups -OCH3 is 1. The third-order valence-electron chi connectivity index (χ3n) is 4.33. The number of likely N-dealkylation sites (N-methyl/N-ethyl adjacent to an activating group) is 1. The molecule has 1 saturated heterocycles. The fourth-order valence-corrected chi connectivity index (χ4v) is 3.15. The minimum atomic E-state index is -0.440. The third kappa shape index (κ3) is 3.15. The van der Waals surface area contributed by atoms with E-state index in [4.69, 9.17) is 18.9 Å². The summed E-state index contributed by atoms with van der Waals surface area (Å²) in [6, 6.07) is 7.99. The fourth-order valence-electron chi connectivity index (χ4n) is 3.15. The number of rotatable bonds is 4. The Hall–Kier alpha value is -1.30. The molecule has 1 spiro atoms. The first kappa shape index (κ1) is 14.6. The van der Waals surface area contributed by atoms with Crippen LogP contribution in [0.3, 0.4) is 0 Å². The summed E-state index contributed by atoms with van der Waals surface area (Å²) in [7, 11) is 3.63. The van der Waals surface area contributed by atoms with E-state index in [-0.39, 0.29) is 6.10 Å². The quantitative estimate of drug-likeness (QED) is 0.919. The lowest BCUT2D eigenvalue weighted by Gasteiger charge is -2.40. The Labute approximate surface area is 125 Å². The number of hydrogen-bond donors (Lipinski definition) is 1. The van der Waals surface area contributed by atoms with Gasteiger partial charge in [-0.3, -0.25) is 0 Å². The van der Waals surface area contributed by atoms with E-state index in [9.17, 15) is 0 Å². The lowest BCUT2D eigenvalue weighted by atomic mass is 9.87. The number of benzene rings is 1. The average Bonchev–Trinajstić information content (AvgIpc) is 2.96. The van der Waals surface area contributed by atoms with Gasteiger partial charge in [-0.1, -0.05) is 0 Å². The van der Waals surface area contributed by atoms with Crippen LogP contribution in [0.2, 0.25) is 0 Å². The SMILES string of the molecule is CNC1CCC2(CC1Oc1ccc(OC)cc1)OCCO2. The van der Waals surface area contributed by atoms with Crippen LogP contribution in [0.4, 0.5) is 0 Å². The molecule has 1 heterocycles. The van der Waals surface area contributed by atoms with Crippen molar-refractivity contribution in [3.05, 3.63) is 24.3 Å². The lowest BCUT2D eigenvalue weighted by Crippen LogP contribution is -2.52. The standard InChI is InChI=1S/C16H23NO4/c1-17-14-7-8-16(19-9-10-20-16)11-15(14)21-13-5-3-12(18-2)4-6-13/h3-6,14-15,17H,7-11H2,1-2H3. The van der Waals surface area contributed by atoms with E-state index in [2.05, 4.69) is 5.32 Å². The van der Waals surface area contributed by atoms with Gasteiger partial charge in [-0.05, 0) is 37.7 Å². The van der Waals surface area contributed by atoms with Gasteiger partial charge in [0, 0.05) is 18.9 Å². The topological polar surface area (TPSA) is 49.0 Å². The van der Waals surface area contributed by atoms with Crippen LogP contribution in [0.25, 0.3) is 0 Å². The Bertz CT molecular complexity index is 456. The van der Waals surface area contributed by atoms with E-state index in [1.54, 1.807) is 7.11 Å². The van der Waals surface area contributed by atoms with Gasteiger partial charge in [0.25, 0.3) is 0 Å². The van der Waals surface area contributed by atoms with Crippen LogP contribution >= 0.6 is 0 Å². The van der Waals surface area contributed by atoms with Crippen molar-refractivity contribution in [2.45, 2.75) is 37.2 Å². The van der Waals surface area contributed by atoms with Crippen LogP contribution in [0.5, 0.6) is 11.5 Å². The van der Waals surface area contributed by atoms with E-state index in [1.807, 2.05) is 31.3 Å². The molecule has 1 aliphatic carbocycles. The Morgan fingerprint density at radius 2 is 1.81 bits per heavy atom. The summed E-state index contributed by atoms with van der Waals surface area (Å²) in [6.07, 6.45) is 2.69. The Morgan fingerprint density at radius 3 is 2.43 bits per heavy atom. The molecule has 1 aromatic rings. The van der Waals surface area contributed by atoms with Gasteiger partial charge in [-0.15, -0.1) is 0 Å². The van der Waals surface area contributed by atoms with Crippen molar-refractivity contribution in [2.24, 2.45) is 0 Å². The van der Waals surface area contributed by atoms with Crippen LogP contribution in [0.1, 0.15) is 19.3 Å².